The summed E-state index contributed by atoms with van der Waals surface area (Å²) < 4.78 is 62.5. The van der Waals surface area contributed by atoms with E-state index in [-0.39, 0.29) is 11.5 Å². The summed E-state index contributed by atoms with van der Waals surface area (Å²) in [5, 5.41) is 3.09. The van der Waals surface area contributed by atoms with Crippen LogP contribution in [-0.2, 0) is 16.5 Å². The second-order valence-corrected chi connectivity index (χ2v) is 6.68. The molecule has 174 valence electrons. The third-order valence-corrected chi connectivity index (χ3v) is 4.73. The first-order valence-electron chi connectivity index (χ1n) is 9.77. The van der Waals surface area contributed by atoms with E-state index in [2.05, 4.69) is 15.3 Å². The zero-order valence-corrected chi connectivity index (χ0v) is 17.3. The van der Waals surface area contributed by atoms with Gasteiger partial charge in [0, 0.05) is 12.4 Å². The van der Waals surface area contributed by atoms with Crippen LogP contribution in [0.1, 0.15) is 54.6 Å². The lowest BCUT2D eigenvalue weighted by molar-refractivity contribution is -0.137. The van der Waals surface area contributed by atoms with Gasteiger partial charge in [-0.15, -0.1) is 0 Å². The van der Waals surface area contributed by atoms with E-state index < -0.39 is 35.5 Å². The Kier molecular flexibility index (Phi) is 8.06. The third-order valence-electron chi connectivity index (χ3n) is 4.73. The van der Waals surface area contributed by atoms with Gasteiger partial charge < -0.3 is 5.32 Å². The van der Waals surface area contributed by atoms with Crippen molar-refractivity contribution in [2.75, 3.05) is 5.32 Å². The number of alkyl halides is 5. The van der Waals surface area contributed by atoms with E-state index in [4.69, 9.17) is 0 Å². The molecule has 0 aliphatic heterocycles. The van der Waals surface area contributed by atoms with Crippen LogP contribution in [-0.4, -0.2) is 28.2 Å². The lowest BCUT2D eigenvalue weighted by atomic mass is 9.71. The zero-order chi connectivity index (χ0) is 23.9. The van der Waals surface area contributed by atoms with E-state index in [1.54, 1.807) is 10.9 Å². The molecule has 3 N–H and O–H groups in total. The summed E-state index contributed by atoms with van der Waals surface area (Å²) in [5.74, 6) is -2.41. The number of hydrazine groups is 1. The fourth-order valence-corrected chi connectivity index (χ4v) is 2.96. The molecule has 3 rings (SSSR count). The maximum Gasteiger partial charge on any atom is 0.416 e. The molecule has 1 aromatic heterocycles. The van der Waals surface area contributed by atoms with Crippen LogP contribution in [0.3, 0.4) is 0 Å². The van der Waals surface area contributed by atoms with Crippen LogP contribution in [0.15, 0.2) is 36.7 Å². The molecule has 2 amide bonds. The summed E-state index contributed by atoms with van der Waals surface area (Å²) in [6, 6.07) is 4.84. The molecule has 0 unspecified atom stereocenters. The minimum absolute atomic E-state index is 0.0905. The average molecular weight is 459 g/mol. The van der Waals surface area contributed by atoms with Gasteiger partial charge in [-0.25, -0.2) is 9.97 Å². The predicted molar refractivity (Wildman–Crippen MR) is 106 cm³/mol. The van der Waals surface area contributed by atoms with Crippen molar-refractivity contribution in [3.05, 3.63) is 53.3 Å². The van der Waals surface area contributed by atoms with Gasteiger partial charge in [0.2, 0.25) is 5.95 Å². The largest absolute Gasteiger partial charge is 0.416 e. The summed E-state index contributed by atoms with van der Waals surface area (Å²) in [6.45, 7) is 4.00. The van der Waals surface area contributed by atoms with E-state index in [1.165, 1.54) is 12.1 Å². The molecule has 12 heteroatoms. The van der Waals surface area contributed by atoms with Crippen LogP contribution < -0.4 is 16.2 Å². The number of benzene rings is 1. The average Bonchev–Trinajstić information content (AvgIpc) is 2.75. The summed E-state index contributed by atoms with van der Waals surface area (Å²) in [4.78, 5) is 30.5. The SMILES string of the molecule is CC.O=C(NNC(=O)C(F)F)c1cnc(NC2(c3ccc(C(F)(F)F)cc3)CCC2)nc1. The van der Waals surface area contributed by atoms with Crippen molar-refractivity contribution in [1.29, 1.82) is 0 Å². The molecule has 0 atom stereocenters. The number of amides is 2. The van der Waals surface area contributed by atoms with Crippen LogP contribution >= 0.6 is 0 Å². The Morgan fingerprint density at radius 3 is 2.00 bits per heavy atom. The number of carbonyl (C=O) groups is 2. The summed E-state index contributed by atoms with van der Waals surface area (Å²) in [7, 11) is 0. The molecule has 2 aromatic rings. The molecule has 0 bridgehead atoms. The maximum absolute atomic E-state index is 12.8. The molecule has 0 spiro atoms. The quantitative estimate of drug-likeness (QED) is 0.463. The maximum atomic E-state index is 12.8. The van der Waals surface area contributed by atoms with Crippen molar-refractivity contribution in [1.82, 2.24) is 20.8 Å². The Morgan fingerprint density at radius 2 is 1.56 bits per heavy atom. The Morgan fingerprint density at radius 1 is 1.00 bits per heavy atom. The number of carbonyl (C=O) groups excluding carboxylic acids is 2. The Labute approximate surface area is 180 Å². The van der Waals surface area contributed by atoms with Crippen molar-refractivity contribution in [3.8, 4) is 0 Å². The number of aromatic nitrogens is 2. The first-order valence-corrected chi connectivity index (χ1v) is 9.77. The Hall–Kier alpha value is -3.31. The van der Waals surface area contributed by atoms with Gasteiger partial charge in [-0.1, -0.05) is 26.0 Å². The van der Waals surface area contributed by atoms with E-state index in [1.807, 2.05) is 13.8 Å². The van der Waals surface area contributed by atoms with Gasteiger partial charge in [0.05, 0.1) is 16.7 Å². The fraction of sp³-hybridized carbons (Fsp3) is 0.400. The van der Waals surface area contributed by atoms with Gasteiger partial charge >= 0.3 is 18.5 Å². The lowest BCUT2D eigenvalue weighted by Gasteiger charge is -2.43. The number of nitrogens with one attached hydrogen (secondary N) is 3. The molecule has 7 nitrogen and oxygen atoms in total. The van der Waals surface area contributed by atoms with Crippen molar-refractivity contribution in [2.45, 2.75) is 51.3 Å². The number of nitrogens with zero attached hydrogens (tertiary/aromatic N) is 2. The van der Waals surface area contributed by atoms with Crippen LogP contribution in [0.5, 0.6) is 0 Å². The molecule has 1 aliphatic rings. The van der Waals surface area contributed by atoms with E-state index >= 15 is 0 Å². The van der Waals surface area contributed by atoms with Crippen LogP contribution in [0, 0.1) is 0 Å². The molecule has 0 saturated heterocycles. The molecule has 1 aromatic carbocycles. The molecular weight excluding hydrogens is 437 g/mol. The minimum Gasteiger partial charge on any atom is -0.345 e. The highest BCUT2D eigenvalue weighted by molar-refractivity contribution is 5.95. The highest BCUT2D eigenvalue weighted by Crippen LogP contribution is 2.44. The van der Waals surface area contributed by atoms with Gasteiger partial charge in [-0.3, -0.25) is 20.4 Å². The molecule has 1 aliphatic carbocycles. The van der Waals surface area contributed by atoms with Crippen molar-refractivity contribution in [2.24, 2.45) is 0 Å². The topological polar surface area (TPSA) is 96.0 Å². The smallest absolute Gasteiger partial charge is 0.345 e. The van der Waals surface area contributed by atoms with Crippen molar-refractivity contribution >= 4 is 17.8 Å². The predicted octanol–water partition coefficient (Wildman–Crippen LogP) is 4.04. The second kappa shape index (κ2) is 10.3. The number of halogens is 5. The zero-order valence-electron chi connectivity index (χ0n) is 17.3. The van der Waals surface area contributed by atoms with Crippen LogP contribution in [0.2, 0.25) is 0 Å². The molecule has 1 fully saturated rings. The number of hydrogen-bond acceptors (Lipinski definition) is 5. The minimum atomic E-state index is -4.42. The fourth-order valence-electron chi connectivity index (χ4n) is 2.96. The first kappa shape index (κ1) is 25.0. The highest BCUT2D eigenvalue weighted by atomic mass is 19.4. The van der Waals surface area contributed by atoms with Gasteiger partial charge in [0.1, 0.15) is 0 Å². The van der Waals surface area contributed by atoms with Crippen LogP contribution in [0.4, 0.5) is 27.9 Å². The van der Waals surface area contributed by atoms with E-state index in [9.17, 15) is 31.5 Å². The number of rotatable bonds is 5. The Balaban J connectivity index is 0.00000176. The van der Waals surface area contributed by atoms with Gasteiger partial charge in [-0.05, 0) is 37.0 Å². The van der Waals surface area contributed by atoms with Gasteiger partial charge in [0.25, 0.3) is 5.91 Å². The summed E-state index contributed by atoms with van der Waals surface area (Å²) >= 11 is 0. The second-order valence-electron chi connectivity index (χ2n) is 6.68. The molecule has 32 heavy (non-hydrogen) atoms. The first-order chi connectivity index (χ1) is 15.1. The molecular formula is C20H22F5N5O2. The van der Waals surface area contributed by atoms with Gasteiger partial charge in [0.15, 0.2) is 0 Å². The highest BCUT2D eigenvalue weighted by Gasteiger charge is 2.40. The number of hydrogen-bond donors (Lipinski definition) is 3. The molecule has 1 heterocycles. The monoisotopic (exact) mass is 459 g/mol. The van der Waals surface area contributed by atoms with Crippen molar-refractivity contribution in [3.63, 3.8) is 0 Å². The lowest BCUT2D eigenvalue weighted by Crippen LogP contribution is -2.44. The van der Waals surface area contributed by atoms with Crippen molar-refractivity contribution < 1.29 is 31.5 Å². The number of anilines is 1. The normalized spacial score (nSPS) is 14.5. The van der Waals surface area contributed by atoms with E-state index in [0.29, 0.717) is 18.4 Å². The molecule has 0 radical (unpaired) electrons. The third kappa shape index (κ3) is 5.89. The van der Waals surface area contributed by atoms with Gasteiger partial charge in [-0.2, -0.15) is 22.0 Å². The van der Waals surface area contributed by atoms with E-state index in [0.717, 1.165) is 30.9 Å². The summed E-state index contributed by atoms with van der Waals surface area (Å²) in [5.41, 5.74) is 2.54. The molecule has 1 saturated carbocycles. The summed E-state index contributed by atoms with van der Waals surface area (Å²) in [6.07, 6.45) is -3.29. The Bertz CT molecular complexity index is 913. The van der Waals surface area contributed by atoms with Crippen LogP contribution in [0.25, 0.3) is 0 Å². The standard InChI is InChI=1S/C18H16F5N5O2.C2H6/c19-13(20)15(30)28-27-14(29)10-8-24-16(25-9-10)26-17(6-1-7-17)11-2-4-12(5-3-11)18(21,22)23;1-2/h2-5,8-9,13H,1,6-7H2,(H,27,29)(H,28,30)(H,24,25,26);1-2H3.